The van der Waals surface area contributed by atoms with Crippen LogP contribution in [0.25, 0.3) is 6.08 Å². The number of methoxy groups -OCH3 is 1. The number of ether oxygens (including phenoxy) is 4. The zero-order chi connectivity index (χ0) is 25.5. The summed E-state index contributed by atoms with van der Waals surface area (Å²) in [4.78, 5) is 17.0. The van der Waals surface area contributed by atoms with Crippen LogP contribution in [0.3, 0.4) is 0 Å². The second kappa shape index (κ2) is 11.3. The minimum atomic E-state index is -0.520. The molecule has 1 aliphatic heterocycles. The largest absolute Gasteiger partial charge is 0.490 e. The Labute approximate surface area is 215 Å². The van der Waals surface area contributed by atoms with Crippen molar-refractivity contribution >= 4 is 17.9 Å². The number of cyclic esters (lactones) is 1. The Morgan fingerprint density at radius 3 is 1.78 bits per heavy atom. The molecule has 1 aliphatic rings. The predicted octanol–water partition coefficient (Wildman–Crippen LogP) is 6.20. The fraction of sp³-hybridized carbons (Fsp3) is 0.0968. The summed E-state index contributed by atoms with van der Waals surface area (Å²) in [6.45, 7) is 0.682. The van der Waals surface area contributed by atoms with Crippen molar-refractivity contribution in [2.45, 2.75) is 13.2 Å². The Morgan fingerprint density at radius 1 is 0.757 bits per heavy atom. The van der Waals surface area contributed by atoms with Crippen LogP contribution in [0.15, 0.2) is 114 Å². The first-order valence-corrected chi connectivity index (χ1v) is 11.8. The van der Waals surface area contributed by atoms with Crippen molar-refractivity contribution in [3.05, 3.63) is 131 Å². The van der Waals surface area contributed by atoms with Crippen molar-refractivity contribution in [3.8, 4) is 17.2 Å². The van der Waals surface area contributed by atoms with Gasteiger partial charge in [0.25, 0.3) is 0 Å². The Kier molecular flexibility index (Phi) is 7.27. The molecule has 0 atom stereocenters. The molecule has 0 fully saturated rings. The first-order chi connectivity index (χ1) is 18.2. The fourth-order valence-corrected chi connectivity index (χ4v) is 3.84. The van der Waals surface area contributed by atoms with Crippen LogP contribution in [0.5, 0.6) is 17.2 Å². The zero-order valence-corrected chi connectivity index (χ0v) is 20.3. The molecule has 0 unspecified atom stereocenters. The quantitative estimate of drug-likeness (QED) is 0.206. The molecule has 6 nitrogen and oxygen atoms in total. The van der Waals surface area contributed by atoms with Gasteiger partial charge in [-0.25, -0.2) is 9.79 Å². The standard InChI is InChI=1S/C31H25NO5/c1-34-29-27(35-20-22-11-5-2-6-12-22)18-24(19-28(29)36-21-23-13-7-3-8-14-23)17-26-31(33)37-30(32-26)25-15-9-4-10-16-25/h2-19H,20-21H2,1H3. The predicted molar refractivity (Wildman–Crippen MR) is 142 cm³/mol. The number of aliphatic imine (C=N–C) groups is 1. The van der Waals surface area contributed by atoms with E-state index in [9.17, 15) is 4.79 Å². The van der Waals surface area contributed by atoms with Gasteiger partial charge >= 0.3 is 5.97 Å². The van der Waals surface area contributed by atoms with Crippen LogP contribution < -0.4 is 14.2 Å². The summed E-state index contributed by atoms with van der Waals surface area (Å²) < 4.78 is 23.4. The van der Waals surface area contributed by atoms with Gasteiger partial charge in [-0.2, -0.15) is 0 Å². The Balaban J connectivity index is 1.49. The molecule has 0 amide bonds. The molecule has 4 aromatic carbocycles. The van der Waals surface area contributed by atoms with Crippen molar-refractivity contribution in [1.29, 1.82) is 0 Å². The molecule has 37 heavy (non-hydrogen) atoms. The Morgan fingerprint density at radius 2 is 1.27 bits per heavy atom. The lowest BCUT2D eigenvalue weighted by Crippen LogP contribution is -2.05. The average molecular weight is 492 g/mol. The molecule has 0 saturated carbocycles. The summed E-state index contributed by atoms with van der Waals surface area (Å²) in [5, 5.41) is 0. The number of hydrogen-bond acceptors (Lipinski definition) is 6. The third-order valence-corrected chi connectivity index (χ3v) is 5.67. The minimum Gasteiger partial charge on any atom is -0.490 e. The summed E-state index contributed by atoms with van der Waals surface area (Å²) in [7, 11) is 1.57. The number of carbonyl (C=O) groups is 1. The van der Waals surface area contributed by atoms with E-state index in [0.29, 0.717) is 36.0 Å². The molecule has 184 valence electrons. The number of esters is 1. The molecule has 0 aromatic heterocycles. The highest BCUT2D eigenvalue weighted by molar-refractivity contribution is 6.12. The van der Waals surface area contributed by atoms with Gasteiger partial charge in [-0.1, -0.05) is 78.9 Å². The number of rotatable bonds is 9. The molecule has 4 aromatic rings. The average Bonchev–Trinajstić information content (AvgIpc) is 3.32. The van der Waals surface area contributed by atoms with Crippen LogP contribution in [0.2, 0.25) is 0 Å². The number of benzene rings is 4. The molecule has 6 heteroatoms. The van der Waals surface area contributed by atoms with E-state index in [0.717, 1.165) is 16.7 Å². The van der Waals surface area contributed by atoms with E-state index < -0.39 is 5.97 Å². The monoisotopic (exact) mass is 491 g/mol. The van der Waals surface area contributed by atoms with E-state index in [2.05, 4.69) is 4.99 Å². The third-order valence-electron chi connectivity index (χ3n) is 5.67. The van der Waals surface area contributed by atoms with Gasteiger partial charge in [0.15, 0.2) is 17.2 Å². The van der Waals surface area contributed by atoms with Crippen molar-refractivity contribution < 1.29 is 23.7 Å². The summed E-state index contributed by atoms with van der Waals surface area (Å²) in [5.41, 5.74) is 3.60. The van der Waals surface area contributed by atoms with Crippen LogP contribution >= 0.6 is 0 Å². The third kappa shape index (κ3) is 5.87. The molecule has 0 N–H and O–H groups in total. The van der Waals surface area contributed by atoms with E-state index >= 15 is 0 Å². The lowest BCUT2D eigenvalue weighted by molar-refractivity contribution is -0.129. The van der Waals surface area contributed by atoms with Gasteiger partial charge in [-0.05, 0) is 47.0 Å². The lowest BCUT2D eigenvalue weighted by atomic mass is 10.1. The zero-order valence-electron chi connectivity index (χ0n) is 20.3. The summed E-state index contributed by atoms with van der Waals surface area (Å²) in [6.07, 6.45) is 1.66. The smallest absolute Gasteiger partial charge is 0.363 e. The van der Waals surface area contributed by atoms with Crippen molar-refractivity contribution in [2.24, 2.45) is 4.99 Å². The molecule has 0 aliphatic carbocycles. The Hall–Kier alpha value is -4.84. The van der Waals surface area contributed by atoms with Gasteiger partial charge in [0.05, 0.1) is 7.11 Å². The summed E-state index contributed by atoms with van der Waals surface area (Å²) in [5.74, 6) is 1.20. The highest BCUT2D eigenvalue weighted by Crippen LogP contribution is 2.40. The summed E-state index contributed by atoms with van der Waals surface area (Å²) in [6, 6.07) is 32.6. The highest BCUT2D eigenvalue weighted by Gasteiger charge is 2.24. The maximum absolute atomic E-state index is 12.6. The molecular weight excluding hydrogens is 466 g/mol. The lowest BCUT2D eigenvalue weighted by Gasteiger charge is -2.17. The summed E-state index contributed by atoms with van der Waals surface area (Å²) >= 11 is 0. The molecular formula is C31H25NO5. The van der Waals surface area contributed by atoms with E-state index in [4.69, 9.17) is 18.9 Å². The second-order valence-electron chi connectivity index (χ2n) is 8.30. The molecule has 0 bridgehead atoms. The van der Waals surface area contributed by atoms with Crippen LogP contribution in [0.1, 0.15) is 22.3 Å². The molecule has 0 saturated heterocycles. The topological polar surface area (TPSA) is 66.3 Å². The number of nitrogens with zero attached hydrogens (tertiary/aromatic N) is 1. The van der Waals surface area contributed by atoms with E-state index in [-0.39, 0.29) is 11.6 Å². The SMILES string of the molecule is COc1c(OCc2ccccc2)cc(C=C2N=C(c3ccccc3)OC2=O)cc1OCc1ccccc1. The highest BCUT2D eigenvalue weighted by atomic mass is 16.6. The molecule has 0 radical (unpaired) electrons. The van der Waals surface area contributed by atoms with E-state index in [1.807, 2.05) is 91.0 Å². The second-order valence-corrected chi connectivity index (χ2v) is 8.30. The van der Waals surface area contributed by atoms with Crippen LogP contribution in [-0.4, -0.2) is 19.0 Å². The minimum absolute atomic E-state index is 0.187. The van der Waals surface area contributed by atoms with E-state index in [1.165, 1.54) is 0 Å². The maximum atomic E-state index is 12.6. The number of hydrogen-bond donors (Lipinski definition) is 0. The normalized spacial score (nSPS) is 13.7. The van der Waals surface area contributed by atoms with Crippen molar-refractivity contribution in [1.82, 2.24) is 0 Å². The Bertz CT molecular complexity index is 1370. The van der Waals surface area contributed by atoms with Gasteiger partial charge in [0.2, 0.25) is 11.6 Å². The van der Waals surface area contributed by atoms with E-state index in [1.54, 1.807) is 25.3 Å². The van der Waals surface area contributed by atoms with Crippen molar-refractivity contribution in [3.63, 3.8) is 0 Å². The maximum Gasteiger partial charge on any atom is 0.363 e. The van der Waals surface area contributed by atoms with Gasteiger partial charge in [0, 0.05) is 5.56 Å². The molecule has 5 rings (SSSR count). The molecule has 1 heterocycles. The van der Waals surface area contributed by atoms with Crippen LogP contribution in [-0.2, 0) is 22.7 Å². The number of carbonyl (C=O) groups excluding carboxylic acids is 1. The van der Waals surface area contributed by atoms with Gasteiger partial charge in [-0.15, -0.1) is 0 Å². The molecule has 0 spiro atoms. The van der Waals surface area contributed by atoms with Gasteiger partial charge in [0.1, 0.15) is 13.2 Å². The first kappa shape index (κ1) is 23.9. The van der Waals surface area contributed by atoms with Crippen LogP contribution in [0.4, 0.5) is 0 Å². The first-order valence-electron chi connectivity index (χ1n) is 11.8. The fourth-order valence-electron chi connectivity index (χ4n) is 3.84. The van der Waals surface area contributed by atoms with Crippen LogP contribution in [0, 0.1) is 0 Å². The van der Waals surface area contributed by atoms with Crippen molar-refractivity contribution in [2.75, 3.05) is 7.11 Å². The van der Waals surface area contributed by atoms with Gasteiger partial charge in [-0.3, -0.25) is 0 Å². The van der Waals surface area contributed by atoms with Gasteiger partial charge < -0.3 is 18.9 Å².